The van der Waals surface area contributed by atoms with Crippen LogP contribution in [-0.4, -0.2) is 26.2 Å². The number of aliphatic hydroxyl groups excluding tert-OH is 1. The lowest BCUT2D eigenvalue weighted by Gasteiger charge is -2.14. The summed E-state index contributed by atoms with van der Waals surface area (Å²) in [5, 5.41) is 18.1. The van der Waals surface area contributed by atoms with Crippen LogP contribution in [0.1, 0.15) is 44.0 Å². The van der Waals surface area contributed by atoms with Gasteiger partial charge in [-0.15, -0.1) is 5.10 Å². The highest BCUT2D eigenvalue weighted by Crippen LogP contribution is 2.33. The first-order valence-electron chi connectivity index (χ1n) is 5.93. The molecule has 1 aromatic rings. The predicted octanol–water partition coefficient (Wildman–Crippen LogP) is 0.631. The van der Waals surface area contributed by atoms with Gasteiger partial charge in [-0.1, -0.05) is 19.1 Å². The summed E-state index contributed by atoms with van der Waals surface area (Å²) in [5.41, 5.74) is 7.53. The van der Waals surface area contributed by atoms with Crippen molar-refractivity contribution in [1.29, 1.82) is 0 Å². The van der Waals surface area contributed by atoms with Crippen molar-refractivity contribution in [3.05, 3.63) is 11.4 Å². The third-order valence-corrected chi connectivity index (χ3v) is 3.11. The number of hydrogen-bond acceptors (Lipinski definition) is 4. The van der Waals surface area contributed by atoms with Gasteiger partial charge in [-0.05, 0) is 24.7 Å². The van der Waals surface area contributed by atoms with Crippen molar-refractivity contribution in [2.75, 3.05) is 0 Å². The zero-order chi connectivity index (χ0) is 11.7. The molecule has 1 aliphatic carbocycles. The van der Waals surface area contributed by atoms with Crippen LogP contribution in [0.15, 0.2) is 0 Å². The lowest BCUT2D eigenvalue weighted by Crippen LogP contribution is -2.21. The highest BCUT2D eigenvalue weighted by molar-refractivity contribution is 5.14. The minimum Gasteiger partial charge on any atom is -0.391 e. The van der Waals surface area contributed by atoms with E-state index in [1.54, 1.807) is 0 Å². The molecule has 0 aliphatic heterocycles. The zero-order valence-corrected chi connectivity index (χ0v) is 9.93. The van der Waals surface area contributed by atoms with E-state index in [9.17, 15) is 5.11 Å². The molecule has 1 aliphatic rings. The Labute approximate surface area is 95.6 Å². The maximum Gasteiger partial charge on any atom is 0.0997 e. The highest BCUT2D eigenvalue weighted by atomic mass is 16.3. The topological polar surface area (TPSA) is 77.0 Å². The summed E-state index contributed by atoms with van der Waals surface area (Å²) >= 11 is 0. The summed E-state index contributed by atoms with van der Waals surface area (Å²) < 4.78 is 1.82. The van der Waals surface area contributed by atoms with E-state index in [4.69, 9.17) is 5.73 Å². The van der Waals surface area contributed by atoms with E-state index in [1.807, 2.05) is 4.68 Å². The molecule has 3 N–H and O–H groups in total. The first-order valence-corrected chi connectivity index (χ1v) is 5.93. The van der Waals surface area contributed by atoms with Crippen molar-refractivity contribution in [1.82, 2.24) is 15.0 Å². The van der Waals surface area contributed by atoms with Gasteiger partial charge in [0.05, 0.1) is 24.0 Å². The highest BCUT2D eigenvalue weighted by Gasteiger charge is 2.31. The fourth-order valence-electron chi connectivity index (χ4n) is 2.08. The summed E-state index contributed by atoms with van der Waals surface area (Å²) in [7, 11) is 0. The normalized spacial score (nSPS) is 18.1. The van der Waals surface area contributed by atoms with Gasteiger partial charge in [-0.2, -0.15) is 0 Å². The first-order chi connectivity index (χ1) is 7.63. The van der Waals surface area contributed by atoms with Gasteiger partial charge in [0.25, 0.3) is 0 Å². The largest absolute Gasteiger partial charge is 0.391 e. The van der Waals surface area contributed by atoms with E-state index >= 15 is 0 Å². The summed E-state index contributed by atoms with van der Waals surface area (Å²) in [5.74, 6) is 0.797. The van der Waals surface area contributed by atoms with Crippen LogP contribution in [0.5, 0.6) is 0 Å². The molecule has 1 aromatic heterocycles. The maximum atomic E-state index is 9.91. The second-order valence-electron chi connectivity index (χ2n) is 4.87. The third-order valence-electron chi connectivity index (χ3n) is 3.11. The average Bonchev–Trinajstić information content (AvgIpc) is 3.00. The van der Waals surface area contributed by atoms with Crippen LogP contribution in [0.2, 0.25) is 0 Å². The molecule has 0 amide bonds. The van der Waals surface area contributed by atoms with Crippen molar-refractivity contribution >= 4 is 0 Å². The Bertz CT molecular complexity index is 357. The minimum atomic E-state index is -0.287. The molecule has 1 atom stereocenters. The Balaban J connectivity index is 2.15. The zero-order valence-electron chi connectivity index (χ0n) is 9.93. The molecule has 1 fully saturated rings. The minimum absolute atomic E-state index is 0.287. The average molecular weight is 224 g/mol. The number of aromatic nitrogens is 3. The predicted molar refractivity (Wildman–Crippen MR) is 60.7 cm³/mol. The van der Waals surface area contributed by atoms with Gasteiger partial charge in [-0.25, -0.2) is 4.68 Å². The Hall–Kier alpha value is -0.940. The molecule has 0 spiro atoms. The van der Waals surface area contributed by atoms with Gasteiger partial charge >= 0.3 is 0 Å². The summed E-state index contributed by atoms with van der Waals surface area (Å²) in [6.45, 7) is 5.15. The van der Waals surface area contributed by atoms with Gasteiger partial charge < -0.3 is 10.8 Å². The van der Waals surface area contributed by atoms with Crippen LogP contribution < -0.4 is 5.73 Å². The van der Waals surface area contributed by atoms with Crippen molar-refractivity contribution in [2.24, 2.45) is 11.7 Å². The van der Waals surface area contributed by atoms with Gasteiger partial charge in [-0.3, -0.25) is 0 Å². The number of nitrogens with two attached hydrogens (primary N) is 1. The fourth-order valence-corrected chi connectivity index (χ4v) is 2.08. The Morgan fingerprint density at radius 2 is 2.19 bits per heavy atom. The van der Waals surface area contributed by atoms with E-state index in [1.165, 1.54) is 0 Å². The van der Waals surface area contributed by atoms with Gasteiger partial charge in [0.15, 0.2) is 0 Å². The number of nitrogens with zero attached hydrogens (tertiary/aromatic N) is 3. The number of aliphatic hydroxyl groups is 1. The Morgan fingerprint density at radius 1 is 1.50 bits per heavy atom. The second kappa shape index (κ2) is 4.51. The van der Waals surface area contributed by atoms with Gasteiger partial charge in [0, 0.05) is 6.54 Å². The lowest BCUT2D eigenvalue weighted by atomic mass is 10.1. The smallest absolute Gasteiger partial charge is 0.0997 e. The molecule has 1 saturated carbocycles. The van der Waals surface area contributed by atoms with E-state index in [0.717, 1.165) is 24.2 Å². The van der Waals surface area contributed by atoms with E-state index in [-0.39, 0.29) is 6.10 Å². The molecule has 0 saturated heterocycles. The third kappa shape index (κ3) is 2.25. The van der Waals surface area contributed by atoms with Crippen LogP contribution in [0.4, 0.5) is 0 Å². The molecule has 1 unspecified atom stereocenters. The van der Waals surface area contributed by atoms with Crippen molar-refractivity contribution < 1.29 is 5.11 Å². The molecule has 90 valence electrons. The van der Waals surface area contributed by atoms with E-state index in [0.29, 0.717) is 24.9 Å². The van der Waals surface area contributed by atoms with E-state index < -0.39 is 0 Å². The molecule has 0 radical (unpaired) electrons. The van der Waals surface area contributed by atoms with Crippen LogP contribution >= 0.6 is 0 Å². The summed E-state index contributed by atoms with van der Waals surface area (Å²) in [4.78, 5) is 0. The van der Waals surface area contributed by atoms with Crippen molar-refractivity contribution in [2.45, 2.75) is 51.8 Å². The lowest BCUT2D eigenvalue weighted by molar-refractivity contribution is 0.125. The Kier molecular flexibility index (Phi) is 3.25. The molecule has 0 aromatic carbocycles. The monoisotopic (exact) mass is 224 g/mol. The first kappa shape index (κ1) is 11.5. The summed E-state index contributed by atoms with van der Waals surface area (Å²) in [6.07, 6.45) is 1.98. The number of rotatable bonds is 5. The Morgan fingerprint density at radius 3 is 2.69 bits per heavy atom. The molecular formula is C11H20N4O. The maximum absolute atomic E-state index is 9.91. The molecule has 5 heteroatoms. The van der Waals surface area contributed by atoms with Crippen LogP contribution in [-0.2, 0) is 13.1 Å². The SMILES string of the molecule is CC(C)c1c(CN)nnn1CC(O)C1CC1. The molecule has 2 rings (SSSR count). The standard InChI is InChI=1S/C11H20N4O/c1-7(2)11-9(5-12)13-14-15(11)6-10(16)8-3-4-8/h7-8,10,16H,3-6,12H2,1-2H3. The van der Waals surface area contributed by atoms with E-state index in [2.05, 4.69) is 24.2 Å². The van der Waals surface area contributed by atoms with Crippen molar-refractivity contribution in [3.8, 4) is 0 Å². The van der Waals surface area contributed by atoms with Gasteiger partial charge in [0.2, 0.25) is 0 Å². The summed E-state index contributed by atoms with van der Waals surface area (Å²) in [6, 6.07) is 0. The molecular weight excluding hydrogens is 204 g/mol. The second-order valence-corrected chi connectivity index (χ2v) is 4.87. The number of hydrogen-bond donors (Lipinski definition) is 2. The molecule has 1 heterocycles. The van der Waals surface area contributed by atoms with Crippen LogP contribution in [0.25, 0.3) is 0 Å². The van der Waals surface area contributed by atoms with Crippen LogP contribution in [0.3, 0.4) is 0 Å². The van der Waals surface area contributed by atoms with Crippen LogP contribution in [0, 0.1) is 5.92 Å². The molecule has 5 nitrogen and oxygen atoms in total. The van der Waals surface area contributed by atoms with Gasteiger partial charge in [0.1, 0.15) is 0 Å². The fraction of sp³-hybridized carbons (Fsp3) is 0.818. The van der Waals surface area contributed by atoms with Crippen molar-refractivity contribution in [3.63, 3.8) is 0 Å². The quantitative estimate of drug-likeness (QED) is 0.769. The molecule has 0 bridgehead atoms. The molecule has 16 heavy (non-hydrogen) atoms.